The average molecular weight is 391 g/mol. The van der Waals surface area contributed by atoms with Crippen molar-refractivity contribution in [2.45, 2.75) is 6.92 Å². The summed E-state index contributed by atoms with van der Waals surface area (Å²) >= 11 is 0. The molecule has 7 nitrogen and oxygen atoms in total. The van der Waals surface area contributed by atoms with Crippen LogP contribution in [0.25, 0.3) is 16.6 Å². The van der Waals surface area contributed by atoms with Crippen LogP contribution in [0.1, 0.15) is 26.4 Å². The van der Waals surface area contributed by atoms with Crippen LogP contribution < -0.4 is 10.9 Å². The topological polar surface area (TPSA) is 81.0 Å². The Morgan fingerprint density at radius 3 is 2.34 bits per heavy atom. The molecule has 0 atom stereocenters. The lowest BCUT2D eigenvalue weighted by Gasteiger charge is -2.08. The van der Waals surface area contributed by atoms with Gasteiger partial charge < -0.3 is 4.57 Å². The maximum atomic E-state index is 13.1. The number of hydrogen-bond donors (Lipinski definition) is 2. The van der Waals surface area contributed by atoms with Crippen molar-refractivity contribution >= 4 is 22.7 Å². The Labute approximate surface area is 165 Å². The molecule has 0 saturated carbocycles. The molecule has 0 bridgehead atoms. The number of amides is 2. The highest BCUT2D eigenvalue weighted by Gasteiger charge is 2.18. The molecule has 2 heterocycles. The predicted octanol–water partition coefficient (Wildman–Crippen LogP) is 2.89. The molecule has 0 fully saturated rings. The van der Waals surface area contributed by atoms with E-state index in [1.807, 2.05) is 35.9 Å². The van der Waals surface area contributed by atoms with E-state index in [1.165, 1.54) is 23.0 Å². The maximum absolute atomic E-state index is 13.1. The molecule has 0 aliphatic rings. The van der Waals surface area contributed by atoms with Crippen LogP contribution in [-0.4, -0.2) is 26.2 Å². The Kier molecular flexibility index (Phi) is 4.59. The van der Waals surface area contributed by atoms with Crippen LogP contribution in [0.5, 0.6) is 0 Å². The third-order valence-corrected chi connectivity index (χ3v) is 4.76. The molecule has 0 aliphatic carbocycles. The zero-order valence-electron chi connectivity index (χ0n) is 15.8. The number of carbonyl (C=O) groups excluding carboxylic acids is 2. The monoisotopic (exact) mass is 391 g/mol. The third-order valence-electron chi connectivity index (χ3n) is 4.76. The van der Waals surface area contributed by atoms with Crippen molar-refractivity contribution in [2.75, 3.05) is 0 Å². The van der Waals surface area contributed by atoms with Crippen LogP contribution in [0.2, 0.25) is 0 Å². The molecule has 0 saturated heterocycles. The van der Waals surface area contributed by atoms with Crippen LogP contribution in [0, 0.1) is 12.7 Å². The standard InChI is InChI=1S/C21H18FN5O2/c1-13-17(11-23-27(13)15-9-7-14(22)8-10-15)20(28)24-25-21(29)18-12-26(2)19-6-4-3-5-16(18)19/h3-12H,1-2H3,(H,24,28)(H,25,29). The largest absolute Gasteiger partial charge is 0.350 e. The number of hydrogen-bond acceptors (Lipinski definition) is 3. The Balaban J connectivity index is 1.50. The number of hydrazine groups is 1. The van der Waals surface area contributed by atoms with Gasteiger partial charge in [0.2, 0.25) is 0 Å². The molecule has 4 rings (SSSR count). The molecule has 29 heavy (non-hydrogen) atoms. The molecular formula is C21H18FN5O2. The van der Waals surface area contributed by atoms with E-state index in [0.717, 1.165) is 10.9 Å². The van der Waals surface area contributed by atoms with E-state index >= 15 is 0 Å². The zero-order chi connectivity index (χ0) is 20.5. The van der Waals surface area contributed by atoms with E-state index in [-0.39, 0.29) is 5.82 Å². The normalized spacial score (nSPS) is 10.9. The van der Waals surface area contributed by atoms with Gasteiger partial charge in [0.25, 0.3) is 11.8 Å². The van der Waals surface area contributed by atoms with Crippen molar-refractivity contribution < 1.29 is 14.0 Å². The summed E-state index contributed by atoms with van der Waals surface area (Å²) in [5, 5.41) is 4.98. The van der Waals surface area contributed by atoms with Gasteiger partial charge in [-0.1, -0.05) is 18.2 Å². The van der Waals surface area contributed by atoms with Crippen LogP contribution in [0.4, 0.5) is 4.39 Å². The van der Waals surface area contributed by atoms with Gasteiger partial charge in [-0.3, -0.25) is 20.4 Å². The van der Waals surface area contributed by atoms with Gasteiger partial charge in [-0.15, -0.1) is 0 Å². The van der Waals surface area contributed by atoms with Crippen LogP contribution in [0.15, 0.2) is 60.9 Å². The summed E-state index contributed by atoms with van der Waals surface area (Å²) in [6.07, 6.45) is 3.11. The lowest BCUT2D eigenvalue weighted by molar-refractivity contribution is 0.0847. The maximum Gasteiger partial charge on any atom is 0.273 e. The highest BCUT2D eigenvalue weighted by Crippen LogP contribution is 2.20. The first-order valence-electron chi connectivity index (χ1n) is 8.91. The quantitative estimate of drug-likeness (QED) is 0.527. The first-order valence-corrected chi connectivity index (χ1v) is 8.91. The minimum atomic E-state index is -0.496. The minimum absolute atomic E-state index is 0.299. The summed E-state index contributed by atoms with van der Waals surface area (Å²) in [4.78, 5) is 25.1. The zero-order valence-corrected chi connectivity index (χ0v) is 15.8. The molecule has 4 aromatic rings. The molecule has 0 aliphatic heterocycles. The summed E-state index contributed by atoms with van der Waals surface area (Å²) in [5.74, 6) is -1.27. The minimum Gasteiger partial charge on any atom is -0.350 e. The second kappa shape index (κ2) is 7.23. The summed E-state index contributed by atoms with van der Waals surface area (Å²) in [5.41, 5.74) is 7.74. The van der Waals surface area contributed by atoms with E-state index in [1.54, 1.807) is 25.3 Å². The first kappa shape index (κ1) is 18.4. The third kappa shape index (κ3) is 3.36. The van der Waals surface area contributed by atoms with Gasteiger partial charge in [-0.2, -0.15) is 5.10 Å². The molecule has 146 valence electrons. The molecular weight excluding hydrogens is 373 g/mol. The number of rotatable bonds is 3. The molecule has 2 amide bonds. The van der Waals surface area contributed by atoms with Crippen molar-refractivity contribution in [3.8, 4) is 5.69 Å². The number of aryl methyl sites for hydroxylation is 1. The number of benzene rings is 2. The van der Waals surface area contributed by atoms with Crippen molar-refractivity contribution in [3.63, 3.8) is 0 Å². The second-order valence-corrected chi connectivity index (χ2v) is 6.61. The van der Waals surface area contributed by atoms with Gasteiger partial charge >= 0.3 is 0 Å². The number of aromatic nitrogens is 3. The fourth-order valence-corrected chi connectivity index (χ4v) is 3.25. The van der Waals surface area contributed by atoms with E-state index in [2.05, 4.69) is 16.0 Å². The molecule has 8 heteroatoms. The van der Waals surface area contributed by atoms with Crippen molar-refractivity contribution in [1.82, 2.24) is 25.2 Å². The number of fused-ring (bicyclic) bond motifs is 1. The van der Waals surface area contributed by atoms with Crippen LogP contribution in [0.3, 0.4) is 0 Å². The lowest BCUT2D eigenvalue weighted by Crippen LogP contribution is -2.41. The van der Waals surface area contributed by atoms with Gasteiger partial charge in [0.05, 0.1) is 28.7 Å². The van der Waals surface area contributed by atoms with Crippen molar-refractivity contribution in [3.05, 3.63) is 83.6 Å². The van der Waals surface area contributed by atoms with Gasteiger partial charge in [0.15, 0.2) is 0 Å². The average Bonchev–Trinajstić information content (AvgIpc) is 3.27. The number of carbonyl (C=O) groups is 2. The number of para-hydroxylation sites is 1. The molecule has 0 spiro atoms. The van der Waals surface area contributed by atoms with Crippen molar-refractivity contribution in [1.29, 1.82) is 0 Å². The first-order chi connectivity index (χ1) is 14.0. The number of nitrogens with one attached hydrogen (secondary N) is 2. The highest BCUT2D eigenvalue weighted by molar-refractivity contribution is 6.08. The van der Waals surface area contributed by atoms with Gasteiger partial charge in [0.1, 0.15) is 5.82 Å². The summed E-state index contributed by atoms with van der Waals surface area (Å²) in [6.45, 7) is 1.72. The smallest absolute Gasteiger partial charge is 0.273 e. The van der Waals surface area contributed by atoms with Gasteiger partial charge in [0, 0.05) is 24.1 Å². The Bertz CT molecular complexity index is 1220. The summed E-state index contributed by atoms with van der Waals surface area (Å²) in [7, 11) is 1.85. The Morgan fingerprint density at radius 2 is 1.62 bits per heavy atom. The van der Waals surface area contributed by atoms with Crippen LogP contribution >= 0.6 is 0 Å². The fourth-order valence-electron chi connectivity index (χ4n) is 3.25. The summed E-state index contributed by atoms with van der Waals surface area (Å²) in [6, 6.07) is 13.3. The molecule has 2 N–H and O–H groups in total. The van der Waals surface area contributed by atoms with E-state index in [9.17, 15) is 14.0 Å². The molecule has 0 unspecified atom stereocenters. The molecule has 2 aromatic heterocycles. The Hall–Kier alpha value is -3.94. The predicted molar refractivity (Wildman–Crippen MR) is 106 cm³/mol. The number of nitrogens with zero attached hydrogens (tertiary/aromatic N) is 3. The van der Waals surface area contributed by atoms with E-state index in [0.29, 0.717) is 22.5 Å². The number of halogens is 1. The summed E-state index contributed by atoms with van der Waals surface area (Å²) < 4.78 is 16.5. The van der Waals surface area contributed by atoms with Gasteiger partial charge in [-0.05, 0) is 37.3 Å². The van der Waals surface area contributed by atoms with E-state index < -0.39 is 11.8 Å². The second-order valence-electron chi connectivity index (χ2n) is 6.61. The Morgan fingerprint density at radius 1 is 0.966 bits per heavy atom. The van der Waals surface area contributed by atoms with Crippen LogP contribution in [-0.2, 0) is 7.05 Å². The molecule has 2 aromatic carbocycles. The van der Waals surface area contributed by atoms with Gasteiger partial charge in [-0.25, -0.2) is 9.07 Å². The SMILES string of the molecule is Cc1c(C(=O)NNC(=O)c2cn(C)c3ccccc23)cnn1-c1ccc(F)cc1. The van der Waals surface area contributed by atoms with Crippen molar-refractivity contribution in [2.24, 2.45) is 7.05 Å². The lowest BCUT2D eigenvalue weighted by atomic mass is 10.2. The fraction of sp³-hybridized carbons (Fsp3) is 0.0952. The highest BCUT2D eigenvalue weighted by atomic mass is 19.1. The molecule has 0 radical (unpaired) electrons. The van der Waals surface area contributed by atoms with E-state index in [4.69, 9.17) is 0 Å².